The maximum Gasteiger partial charge on any atom is 0.229 e. The second-order valence-electron chi connectivity index (χ2n) is 3.85. The van der Waals surface area contributed by atoms with Gasteiger partial charge in [-0.15, -0.1) is 10.2 Å². The Kier molecular flexibility index (Phi) is 4.27. The molecule has 0 saturated carbocycles. The topological polar surface area (TPSA) is 49.2 Å². The van der Waals surface area contributed by atoms with Crippen LogP contribution in [0.4, 0.5) is 0 Å². The van der Waals surface area contributed by atoms with Crippen LogP contribution in [-0.4, -0.2) is 28.0 Å². The number of aryl methyl sites for hydroxylation is 1. The van der Waals surface area contributed by atoms with Crippen LogP contribution in [0.25, 0.3) is 5.69 Å². The van der Waals surface area contributed by atoms with Crippen molar-refractivity contribution in [3.05, 3.63) is 29.3 Å². The number of rotatable bonds is 5. The molecule has 0 aliphatic heterocycles. The van der Waals surface area contributed by atoms with Crippen LogP contribution in [0.2, 0.25) is 5.28 Å². The first-order valence-corrected chi connectivity index (χ1v) is 6.52. The Hall–Kier alpha value is -1.75. The lowest BCUT2D eigenvalue weighted by molar-refractivity contribution is 0.287. The molecule has 0 aliphatic rings. The average molecular weight is 282 g/mol. The van der Waals surface area contributed by atoms with E-state index in [0.717, 1.165) is 17.3 Å². The van der Waals surface area contributed by atoms with E-state index in [1.165, 1.54) is 0 Å². The summed E-state index contributed by atoms with van der Waals surface area (Å²) in [5.74, 6) is 2.12. The van der Waals surface area contributed by atoms with E-state index in [1.54, 1.807) is 4.57 Å². The van der Waals surface area contributed by atoms with Crippen LogP contribution in [0.5, 0.6) is 11.5 Å². The first kappa shape index (κ1) is 13.7. The van der Waals surface area contributed by atoms with Gasteiger partial charge in [-0.3, -0.25) is 4.57 Å². The van der Waals surface area contributed by atoms with Gasteiger partial charge in [0.15, 0.2) is 11.5 Å². The lowest BCUT2D eigenvalue weighted by Crippen LogP contribution is -2.02. The molecular weight excluding hydrogens is 266 g/mol. The number of halogens is 1. The molecule has 0 fully saturated rings. The molecule has 0 spiro atoms. The van der Waals surface area contributed by atoms with E-state index in [2.05, 4.69) is 10.2 Å². The minimum atomic E-state index is 0.323. The second kappa shape index (κ2) is 5.93. The molecular formula is C13H16ClN3O2. The van der Waals surface area contributed by atoms with Crippen LogP contribution >= 0.6 is 11.6 Å². The van der Waals surface area contributed by atoms with Gasteiger partial charge < -0.3 is 9.47 Å². The highest BCUT2D eigenvalue weighted by Gasteiger charge is 2.12. The van der Waals surface area contributed by atoms with E-state index in [4.69, 9.17) is 21.1 Å². The summed E-state index contributed by atoms with van der Waals surface area (Å²) in [6, 6.07) is 5.63. The highest BCUT2D eigenvalue weighted by atomic mass is 35.5. The third kappa shape index (κ3) is 2.81. The summed E-state index contributed by atoms with van der Waals surface area (Å²) in [6.45, 7) is 6.86. The standard InChI is InChI=1S/C13H16ClN3O2/c1-4-18-11-7-6-10(8-12(11)19-5-2)17-9(3)15-16-13(17)14/h6-8H,4-5H2,1-3H3. The molecule has 0 radical (unpaired) electrons. The molecule has 2 rings (SSSR count). The third-order valence-electron chi connectivity index (χ3n) is 2.57. The molecule has 0 amide bonds. The molecule has 6 heteroatoms. The van der Waals surface area contributed by atoms with E-state index in [1.807, 2.05) is 39.0 Å². The Morgan fingerprint density at radius 3 is 2.37 bits per heavy atom. The second-order valence-corrected chi connectivity index (χ2v) is 4.19. The number of nitrogens with zero attached hydrogens (tertiary/aromatic N) is 3. The van der Waals surface area contributed by atoms with E-state index in [9.17, 15) is 0 Å². The van der Waals surface area contributed by atoms with E-state index in [0.29, 0.717) is 24.2 Å². The molecule has 0 N–H and O–H groups in total. The number of ether oxygens (including phenoxy) is 2. The molecule has 1 aromatic heterocycles. The third-order valence-corrected chi connectivity index (χ3v) is 2.82. The zero-order valence-electron chi connectivity index (χ0n) is 11.2. The van der Waals surface area contributed by atoms with Gasteiger partial charge >= 0.3 is 0 Å². The Bertz CT molecular complexity index is 550. The Balaban J connectivity index is 2.45. The maximum absolute atomic E-state index is 6.03. The fraction of sp³-hybridized carbons (Fsp3) is 0.385. The van der Waals surface area contributed by atoms with Crippen molar-refractivity contribution in [1.82, 2.24) is 14.8 Å². The molecule has 0 bridgehead atoms. The van der Waals surface area contributed by atoms with Crippen molar-refractivity contribution >= 4 is 11.6 Å². The molecule has 1 heterocycles. The molecule has 1 aromatic carbocycles. The van der Waals surface area contributed by atoms with Crippen molar-refractivity contribution in [1.29, 1.82) is 0 Å². The molecule has 0 aliphatic carbocycles. The molecule has 0 unspecified atom stereocenters. The van der Waals surface area contributed by atoms with Crippen molar-refractivity contribution < 1.29 is 9.47 Å². The van der Waals surface area contributed by atoms with Gasteiger partial charge in [-0.25, -0.2) is 0 Å². The summed E-state index contributed by atoms with van der Waals surface area (Å²) in [5.41, 5.74) is 0.847. The number of aromatic nitrogens is 3. The zero-order chi connectivity index (χ0) is 13.8. The summed E-state index contributed by atoms with van der Waals surface area (Å²) in [7, 11) is 0. The predicted octanol–water partition coefficient (Wildman–Crippen LogP) is 3.03. The van der Waals surface area contributed by atoms with E-state index < -0.39 is 0 Å². The smallest absolute Gasteiger partial charge is 0.229 e. The quantitative estimate of drug-likeness (QED) is 0.845. The largest absolute Gasteiger partial charge is 0.490 e. The Morgan fingerprint density at radius 2 is 1.79 bits per heavy atom. The monoisotopic (exact) mass is 281 g/mol. The predicted molar refractivity (Wildman–Crippen MR) is 73.4 cm³/mol. The van der Waals surface area contributed by atoms with Gasteiger partial charge in [0.25, 0.3) is 0 Å². The van der Waals surface area contributed by atoms with Crippen molar-refractivity contribution in [2.24, 2.45) is 0 Å². The van der Waals surface area contributed by atoms with E-state index >= 15 is 0 Å². The van der Waals surface area contributed by atoms with Gasteiger partial charge in [-0.05, 0) is 44.5 Å². The minimum Gasteiger partial charge on any atom is -0.490 e. The van der Waals surface area contributed by atoms with Crippen LogP contribution in [0, 0.1) is 6.92 Å². The summed E-state index contributed by atoms with van der Waals surface area (Å²) in [6.07, 6.45) is 0. The molecule has 102 valence electrons. The molecule has 0 saturated heterocycles. The van der Waals surface area contributed by atoms with Gasteiger partial charge in [-0.2, -0.15) is 0 Å². The van der Waals surface area contributed by atoms with Crippen LogP contribution in [-0.2, 0) is 0 Å². The molecule has 19 heavy (non-hydrogen) atoms. The fourth-order valence-electron chi connectivity index (χ4n) is 1.81. The fourth-order valence-corrected chi connectivity index (χ4v) is 2.07. The highest BCUT2D eigenvalue weighted by molar-refractivity contribution is 6.28. The van der Waals surface area contributed by atoms with Gasteiger partial charge in [0.2, 0.25) is 5.28 Å². The first-order chi connectivity index (χ1) is 9.17. The van der Waals surface area contributed by atoms with Gasteiger partial charge in [-0.1, -0.05) is 0 Å². The van der Waals surface area contributed by atoms with Crippen molar-refractivity contribution in [2.45, 2.75) is 20.8 Å². The lowest BCUT2D eigenvalue weighted by Gasteiger charge is -2.13. The highest BCUT2D eigenvalue weighted by Crippen LogP contribution is 2.31. The van der Waals surface area contributed by atoms with E-state index in [-0.39, 0.29) is 0 Å². The zero-order valence-corrected chi connectivity index (χ0v) is 11.9. The maximum atomic E-state index is 6.03. The number of benzene rings is 1. The van der Waals surface area contributed by atoms with Crippen LogP contribution in [0.1, 0.15) is 19.7 Å². The summed E-state index contributed by atoms with van der Waals surface area (Å²) in [5, 5.41) is 8.09. The first-order valence-electron chi connectivity index (χ1n) is 6.14. The average Bonchev–Trinajstić information content (AvgIpc) is 2.72. The minimum absolute atomic E-state index is 0.323. The SMILES string of the molecule is CCOc1ccc(-n2c(C)nnc2Cl)cc1OCC. The number of hydrogen-bond acceptors (Lipinski definition) is 4. The Morgan fingerprint density at radius 1 is 1.11 bits per heavy atom. The Labute approximate surface area is 117 Å². The van der Waals surface area contributed by atoms with Crippen LogP contribution in [0.15, 0.2) is 18.2 Å². The summed E-state index contributed by atoms with van der Waals surface area (Å²) >= 11 is 6.03. The molecule has 0 atom stereocenters. The van der Waals surface area contributed by atoms with Crippen molar-refractivity contribution in [3.8, 4) is 17.2 Å². The normalized spacial score (nSPS) is 10.5. The summed E-state index contributed by atoms with van der Waals surface area (Å²) < 4.78 is 12.9. The van der Waals surface area contributed by atoms with Gasteiger partial charge in [0.05, 0.1) is 18.9 Å². The molecule has 5 nitrogen and oxygen atoms in total. The number of hydrogen-bond donors (Lipinski definition) is 0. The van der Waals surface area contributed by atoms with Gasteiger partial charge in [0.1, 0.15) is 5.82 Å². The van der Waals surface area contributed by atoms with Crippen LogP contribution < -0.4 is 9.47 Å². The lowest BCUT2D eigenvalue weighted by atomic mass is 10.2. The van der Waals surface area contributed by atoms with Crippen LogP contribution in [0.3, 0.4) is 0 Å². The van der Waals surface area contributed by atoms with Crippen molar-refractivity contribution in [3.63, 3.8) is 0 Å². The summed E-state index contributed by atoms with van der Waals surface area (Å²) in [4.78, 5) is 0. The molecule has 2 aromatic rings. The van der Waals surface area contributed by atoms with Crippen molar-refractivity contribution in [2.75, 3.05) is 13.2 Å². The van der Waals surface area contributed by atoms with Gasteiger partial charge in [0, 0.05) is 6.07 Å².